The molecular weight excluding hydrogens is 296 g/mol. The zero-order chi connectivity index (χ0) is 17.4. The van der Waals surface area contributed by atoms with Crippen molar-refractivity contribution in [2.45, 2.75) is 46.1 Å². The Kier molecular flexibility index (Phi) is 7.25. The Bertz CT molecular complexity index is 584. The van der Waals surface area contributed by atoms with E-state index >= 15 is 0 Å². The monoisotopic (exact) mass is 320 g/mol. The number of benzene rings is 1. The van der Waals surface area contributed by atoms with E-state index in [9.17, 15) is 14.4 Å². The fourth-order valence-electron chi connectivity index (χ4n) is 2.10. The molecule has 6 heteroatoms. The van der Waals surface area contributed by atoms with Crippen LogP contribution >= 0.6 is 0 Å². The molecule has 0 aliphatic carbocycles. The number of nitrogens with two attached hydrogens (primary N) is 1. The highest BCUT2D eigenvalue weighted by molar-refractivity contribution is 5.88. The van der Waals surface area contributed by atoms with E-state index in [1.165, 1.54) is 0 Å². The molecule has 0 aliphatic heterocycles. The smallest absolute Gasteiger partial charge is 0.306 e. The number of rotatable bonds is 8. The maximum atomic E-state index is 11.9. The number of ether oxygens (including phenoxy) is 1. The third-order valence-electron chi connectivity index (χ3n) is 3.55. The van der Waals surface area contributed by atoms with Crippen molar-refractivity contribution in [3.8, 4) is 0 Å². The Morgan fingerprint density at radius 2 is 1.87 bits per heavy atom. The zero-order valence-corrected chi connectivity index (χ0v) is 13.8. The molecule has 3 N–H and O–H groups in total. The molecule has 0 aromatic heterocycles. The fraction of sp³-hybridized carbons (Fsp3) is 0.471. The third kappa shape index (κ3) is 6.50. The normalized spacial score (nSPS) is 11.6. The van der Waals surface area contributed by atoms with Gasteiger partial charge in [-0.15, -0.1) is 0 Å². The second-order valence-electron chi connectivity index (χ2n) is 5.45. The summed E-state index contributed by atoms with van der Waals surface area (Å²) < 4.78 is 4.75. The van der Waals surface area contributed by atoms with Crippen LogP contribution < -0.4 is 11.1 Å². The van der Waals surface area contributed by atoms with Gasteiger partial charge in [0.1, 0.15) is 6.04 Å². The molecule has 126 valence electrons. The molecule has 0 bridgehead atoms. The number of primary amides is 1. The van der Waals surface area contributed by atoms with Gasteiger partial charge in [0, 0.05) is 12.8 Å². The van der Waals surface area contributed by atoms with Gasteiger partial charge in [0.05, 0.1) is 13.0 Å². The van der Waals surface area contributed by atoms with Gasteiger partial charge in [-0.1, -0.05) is 18.2 Å². The highest BCUT2D eigenvalue weighted by atomic mass is 16.5. The largest absolute Gasteiger partial charge is 0.466 e. The summed E-state index contributed by atoms with van der Waals surface area (Å²) in [6.07, 6.45) is 0.270. The van der Waals surface area contributed by atoms with Gasteiger partial charge in [0.25, 0.3) is 0 Å². The molecule has 2 amide bonds. The maximum Gasteiger partial charge on any atom is 0.306 e. The first-order valence-electron chi connectivity index (χ1n) is 7.64. The van der Waals surface area contributed by atoms with Gasteiger partial charge in [-0.2, -0.15) is 0 Å². The van der Waals surface area contributed by atoms with E-state index in [0.717, 1.165) is 16.7 Å². The van der Waals surface area contributed by atoms with E-state index in [1.54, 1.807) is 6.92 Å². The first kappa shape index (κ1) is 18.7. The van der Waals surface area contributed by atoms with Crippen molar-refractivity contribution in [3.05, 3.63) is 34.9 Å². The van der Waals surface area contributed by atoms with Crippen molar-refractivity contribution in [1.29, 1.82) is 0 Å². The molecule has 0 unspecified atom stereocenters. The van der Waals surface area contributed by atoms with Crippen molar-refractivity contribution in [3.63, 3.8) is 0 Å². The van der Waals surface area contributed by atoms with E-state index in [0.29, 0.717) is 6.42 Å². The van der Waals surface area contributed by atoms with E-state index < -0.39 is 23.8 Å². The second kappa shape index (κ2) is 8.92. The number of hydrogen-bond donors (Lipinski definition) is 2. The number of amides is 2. The SMILES string of the molecule is CCOC(=O)CCC(=O)N[C@H](Cc1ccc(C)c(C)c1)C(N)=O. The highest BCUT2D eigenvalue weighted by Gasteiger charge is 2.19. The Morgan fingerprint density at radius 1 is 1.17 bits per heavy atom. The lowest BCUT2D eigenvalue weighted by molar-refractivity contribution is -0.144. The van der Waals surface area contributed by atoms with E-state index in [-0.39, 0.29) is 19.4 Å². The van der Waals surface area contributed by atoms with E-state index in [4.69, 9.17) is 10.5 Å². The van der Waals surface area contributed by atoms with Crippen LogP contribution in [0.2, 0.25) is 0 Å². The molecule has 0 saturated carbocycles. The second-order valence-corrected chi connectivity index (χ2v) is 5.45. The van der Waals surface area contributed by atoms with Crippen LogP contribution in [0.3, 0.4) is 0 Å². The summed E-state index contributed by atoms with van der Waals surface area (Å²) in [5, 5.41) is 2.58. The van der Waals surface area contributed by atoms with Gasteiger partial charge in [-0.25, -0.2) is 0 Å². The molecule has 1 rings (SSSR count). The van der Waals surface area contributed by atoms with Gasteiger partial charge in [0.2, 0.25) is 11.8 Å². The van der Waals surface area contributed by atoms with Crippen LogP contribution in [0, 0.1) is 13.8 Å². The number of hydrogen-bond acceptors (Lipinski definition) is 4. The van der Waals surface area contributed by atoms with Crippen LogP contribution in [0.15, 0.2) is 18.2 Å². The van der Waals surface area contributed by atoms with Crippen LogP contribution in [0.5, 0.6) is 0 Å². The minimum Gasteiger partial charge on any atom is -0.466 e. The van der Waals surface area contributed by atoms with Gasteiger partial charge >= 0.3 is 5.97 Å². The van der Waals surface area contributed by atoms with Crippen molar-refractivity contribution < 1.29 is 19.1 Å². The predicted octanol–water partition coefficient (Wildman–Crippen LogP) is 1.16. The predicted molar refractivity (Wildman–Crippen MR) is 86.6 cm³/mol. The minimum atomic E-state index is -0.799. The van der Waals surface area contributed by atoms with Crippen LogP contribution in [0.4, 0.5) is 0 Å². The van der Waals surface area contributed by atoms with E-state index in [1.807, 2.05) is 32.0 Å². The molecule has 6 nitrogen and oxygen atoms in total. The standard InChI is InChI=1S/C17H24N2O4/c1-4-23-16(21)8-7-15(20)19-14(17(18)22)10-13-6-5-11(2)12(3)9-13/h5-6,9,14H,4,7-8,10H2,1-3H3,(H2,18,22)(H,19,20)/t14-/m1/s1. The number of aryl methyl sites for hydroxylation is 2. The first-order valence-corrected chi connectivity index (χ1v) is 7.64. The summed E-state index contributed by atoms with van der Waals surface area (Å²) in [6, 6.07) is 5.04. The molecule has 0 saturated heterocycles. The van der Waals surface area contributed by atoms with Crippen LogP contribution in [-0.4, -0.2) is 30.4 Å². The first-order chi connectivity index (χ1) is 10.8. The average Bonchev–Trinajstić information content (AvgIpc) is 2.48. The highest BCUT2D eigenvalue weighted by Crippen LogP contribution is 2.11. The quantitative estimate of drug-likeness (QED) is 0.702. The third-order valence-corrected chi connectivity index (χ3v) is 3.55. The molecule has 0 spiro atoms. The molecule has 0 heterocycles. The summed E-state index contributed by atoms with van der Waals surface area (Å²) >= 11 is 0. The van der Waals surface area contributed by atoms with Gasteiger partial charge in [-0.05, 0) is 37.5 Å². The Balaban J connectivity index is 2.61. The summed E-state index contributed by atoms with van der Waals surface area (Å²) in [6.45, 7) is 5.96. The molecular formula is C17H24N2O4. The van der Waals surface area contributed by atoms with Crippen molar-refractivity contribution in [2.75, 3.05) is 6.61 Å². The van der Waals surface area contributed by atoms with E-state index in [2.05, 4.69) is 5.32 Å². The molecule has 23 heavy (non-hydrogen) atoms. The Labute approximate surface area is 136 Å². The molecule has 1 aromatic rings. The molecule has 0 fully saturated rings. The number of carbonyl (C=O) groups excluding carboxylic acids is 3. The summed E-state index contributed by atoms with van der Waals surface area (Å²) in [5.41, 5.74) is 8.54. The number of esters is 1. The summed E-state index contributed by atoms with van der Waals surface area (Å²) in [5.74, 6) is -1.44. The molecule has 0 aliphatic rings. The topological polar surface area (TPSA) is 98.5 Å². The lowest BCUT2D eigenvalue weighted by atomic mass is 10.0. The van der Waals surface area contributed by atoms with Gasteiger partial charge in [0.15, 0.2) is 0 Å². The Hall–Kier alpha value is -2.37. The molecule has 1 aromatic carbocycles. The molecule has 0 radical (unpaired) electrons. The molecule has 1 atom stereocenters. The zero-order valence-electron chi connectivity index (χ0n) is 13.8. The van der Waals surface area contributed by atoms with Crippen molar-refractivity contribution in [1.82, 2.24) is 5.32 Å². The lowest BCUT2D eigenvalue weighted by Crippen LogP contribution is -2.45. The van der Waals surface area contributed by atoms with Crippen LogP contribution in [-0.2, 0) is 25.5 Å². The van der Waals surface area contributed by atoms with Crippen molar-refractivity contribution >= 4 is 17.8 Å². The maximum absolute atomic E-state index is 11.9. The Morgan fingerprint density at radius 3 is 2.43 bits per heavy atom. The van der Waals surface area contributed by atoms with Crippen molar-refractivity contribution in [2.24, 2.45) is 5.73 Å². The van der Waals surface area contributed by atoms with Gasteiger partial charge in [-0.3, -0.25) is 14.4 Å². The fourth-order valence-corrected chi connectivity index (χ4v) is 2.10. The van der Waals surface area contributed by atoms with Gasteiger partial charge < -0.3 is 15.8 Å². The average molecular weight is 320 g/mol. The number of nitrogens with one attached hydrogen (secondary N) is 1. The summed E-state index contributed by atoms with van der Waals surface area (Å²) in [4.78, 5) is 34.6. The minimum absolute atomic E-state index is 0.0191. The van der Waals surface area contributed by atoms with Crippen LogP contribution in [0.25, 0.3) is 0 Å². The summed E-state index contributed by atoms with van der Waals surface area (Å²) in [7, 11) is 0. The van der Waals surface area contributed by atoms with Crippen LogP contribution in [0.1, 0.15) is 36.5 Å². The number of carbonyl (C=O) groups is 3. The lowest BCUT2D eigenvalue weighted by Gasteiger charge is -2.16.